The molecule has 19 heavy (non-hydrogen) atoms. The van der Waals surface area contributed by atoms with Crippen molar-refractivity contribution >= 4 is 29.2 Å². The molecule has 0 aliphatic heterocycles. The van der Waals surface area contributed by atoms with Crippen molar-refractivity contribution in [2.45, 2.75) is 17.8 Å². The van der Waals surface area contributed by atoms with Gasteiger partial charge < -0.3 is 4.90 Å². The van der Waals surface area contributed by atoms with E-state index >= 15 is 0 Å². The van der Waals surface area contributed by atoms with Crippen molar-refractivity contribution in [3.05, 3.63) is 46.6 Å². The van der Waals surface area contributed by atoms with Crippen LogP contribution in [0.25, 0.3) is 0 Å². The van der Waals surface area contributed by atoms with Crippen LogP contribution in [0.15, 0.2) is 35.5 Å². The lowest BCUT2D eigenvalue weighted by atomic mass is 10.2. The van der Waals surface area contributed by atoms with Gasteiger partial charge in [0.1, 0.15) is 5.82 Å². The quantitative estimate of drug-likeness (QED) is 0.633. The maximum absolute atomic E-state index is 6.14. The largest absolute Gasteiger partial charge is 0.363 e. The average molecular weight is 294 g/mol. The molecular formula is C14H16ClN3S. The lowest BCUT2D eigenvalue weighted by molar-refractivity contribution is 0.902. The number of thioether (sulfide) groups is 1. The summed E-state index contributed by atoms with van der Waals surface area (Å²) < 4.78 is 0. The first-order valence-corrected chi connectivity index (χ1v) is 7.32. The molecule has 0 bridgehead atoms. The Balaban J connectivity index is 2.14. The van der Waals surface area contributed by atoms with Crippen LogP contribution in [0.4, 0.5) is 5.82 Å². The molecule has 0 fully saturated rings. The van der Waals surface area contributed by atoms with Crippen molar-refractivity contribution < 1.29 is 0 Å². The summed E-state index contributed by atoms with van der Waals surface area (Å²) in [7, 11) is 3.95. The number of hydrogen-bond donors (Lipinski definition) is 0. The maximum Gasteiger partial charge on any atom is 0.190 e. The summed E-state index contributed by atoms with van der Waals surface area (Å²) in [6.45, 7) is 1.98. The normalized spacial score (nSPS) is 10.5. The van der Waals surface area contributed by atoms with Crippen molar-refractivity contribution in [1.29, 1.82) is 0 Å². The Hall–Kier alpha value is -1.26. The molecule has 0 radical (unpaired) electrons. The smallest absolute Gasteiger partial charge is 0.190 e. The van der Waals surface area contributed by atoms with Crippen molar-refractivity contribution in [3.63, 3.8) is 0 Å². The molecule has 0 aliphatic carbocycles. The van der Waals surface area contributed by atoms with Crippen molar-refractivity contribution in [2.24, 2.45) is 0 Å². The van der Waals surface area contributed by atoms with Crippen LogP contribution < -0.4 is 4.90 Å². The van der Waals surface area contributed by atoms with E-state index in [-0.39, 0.29) is 0 Å². The number of aromatic nitrogens is 2. The molecule has 0 unspecified atom stereocenters. The van der Waals surface area contributed by atoms with Gasteiger partial charge in [0, 0.05) is 36.6 Å². The minimum Gasteiger partial charge on any atom is -0.363 e. The van der Waals surface area contributed by atoms with E-state index in [1.54, 1.807) is 11.8 Å². The molecule has 2 aromatic rings. The number of halogens is 1. The molecule has 0 amide bonds. The van der Waals surface area contributed by atoms with Crippen LogP contribution in [-0.4, -0.2) is 24.1 Å². The van der Waals surface area contributed by atoms with Crippen LogP contribution in [0, 0.1) is 6.92 Å². The van der Waals surface area contributed by atoms with E-state index in [0.29, 0.717) is 0 Å². The third-order valence-electron chi connectivity index (χ3n) is 2.59. The summed E-state index contributed by atoms with van der Waals surface area (Å²) in [4.78, 5) is 10.9. The summed E-state index contributed by atoms with van der Waals surface area (Å²) in [5.41, 5.74) is 2.08. The lowest BCUT2D eigenvalue weighted by Gasteiger charge is -2.12. The van der Waals surface area contributed by atoms with Gasteiger partial charge in [-0.25, -0.2) is 9.97 Å². The van der Waals surface area contributed by atoms with Gasteiger partial charge in [-0.3, -0.25) is 0 Å². The second-order valence-electron chi connectivity index (χ2n) is 4.42. The van der Waals surface area contributed by atoms with Crippen molar-refractivity contribution in [3.8, 4) is 0 Å². The fourth-order valence-electron chi connectivity index (χ4n) is 1.58. The van der Waals surface area contributed by atoms with Crippen molar-refractivity contribution in [2.75, 3.05) is 19.0 Å². The van der Waals surface area contributed by atoms with E-state index in [1.807, 2.05) is 56.3 Å². The lowest BCUT2D eigenvalue weighted by Crippen LogP contribution is -2.11. The van der Waals surface area contributed by atoms with Crippen LogP contribution in [0.2, 0.25) is 5.02 Å². The molecule has 5 heteroatoms. The third-order valence-corrected chi connectivity index (χ3v) is 3.86. The van der Waals surface area contributed by atoms with Crippen molar-refractivity contribution in [1.82, 2.24) is 9.97 Å². The van der Waals surface area contributed by atoms with Gasteiger partial charge in [-0.2, -0.15) is 0 Å². The summed E-state index contributed by atoms with van der Waals surface area (Å²) in [6.07, 6.45) is 0. The van der Waals surface area contributed by atoms with Crippen LogP contribution in [0.5, 0.6) is 0 Å². The summed E-state index contributed by atoms with van der Waals surface area (Å²) in [5, 5.41) is 1.57. The van der Waals surface area contributed by atoms with Crippen LogP contribution in [0.1, 0.15) is 11.3 Å². The number of hydrogen-bond acceptors (Lipinski definition) is 4. The standard InChI is InChI=1S/C14H16ClN3S/c1-10-8-13(18(2)3)17-14(16-10)19-9-11-6-4-5-7-12(11)15/h4-8H,9H2,1-3H3. The molecule has 0 saturated heterocycles. The molecule has 1 heterocycles. The first kappa shape index (κ1) is 14.2. The second kappa shape index (κ2) is 6.26. The van der Waals surface area contributed by atoms with Gasteiger partial charge in [-0.15, -0.1) is 0 Å². The van der Waals surface area contributed by atoms with E-state index in [9.17, 15) is 0 Å². The number of benzene rings is 1. The Morgan fingerprint density at radius 2 is 1.95 bits per heavy atom. The number of anilines is 1. The predicted molar refractivity (Wildman–Crippen MR) is 82.1 cm³/mol. The number of nitrogens with zero attached hydrogens (tertiary/aromatic N) is 3. The van der Waals surface area contributed by atoms with Gasteiger partial charge in [0.05, 0.1) is 0 Å². The third kappa shape index (κ3) is 3.85. The number of rotatable bonds is 4. The van der Waals surface area contributed by atoms with E-state index in [1.165, 1.54) is 0 Å². The number of aryl methyl sites for hydroxylation is 1. The molecule has 0 spiro atoms. The average Bonchev–Trinajstić information content (AvgIpc) is 2.37. The molecule has 1 aromatic carbocycles. The first-order valence-electron chi connectivity index (χ1n) is 5.95. The van der Waals surface area contributed by atoms with E-state index in [2.05, 4.69) is 9.97 Å². The van der Waals surface area contributed by atoms with E-state index in [4.69, 9.17) is 11.6 Å². The second-order valence-corrected chi connectivity index (χ2v) is 5.77. The van der Waals surface area contributed by atoms with Gasteiger partial charge in [0.25, 0.3) is 0 Å². The highest BCUT2D eigenvalue weighted by Gasteiger charge is 2.06. The summed E-state index contributed by atoms with van der Waals surface area (Å²) >= 11 is 7.74. The molecule has 1 aromatic heterocycles. The molecule has 2 rings (SSSR count). The molecule has 3 nitrogen and oxygen atoms in total. The van der Waals surface area contributed by atoms with Gasteiger partial charge in [0.15, 0.2) is 5.16 Å². The molecule has 0 aliphatic rings. The van der Waals surface area contributed by atoms with Crippen LogP contribution >= 0.6 is 23.4 Å². The fraction of sp³-hybridized carbons (Fsp3) is 0.286. The van der Waals surface area contributed by atoms with E-state index in [0.717, 1.165) is 33.0 Å². The van der Waals surface area contributed by atoms with Gasteiger partial charge in [-0.05, 0) is 18.6 Å². The fourth-order valence-corrected chi connectivity index (χ4v) is 2.76. The zero-order valence-corrected chi connectivity index (χ0v) is 12.8. The minimum absolute atomic E-state index is 0.774. The monoisotopic (exact) mass is 293 g/mol. The molecule has 0 atom stereocenters. The highest BCUT2D eigenvalue weighted by molar-refractivity contribution is 7.98. The topological polar surface area (TPSA) is 29.0 Å². The van der Waals surface area contributed by atoms with Crippen LogP contribution in [0.3, 0.4) is 0 Å². The summed E-state index contributed by atoms with van der Waals surface area (Å²) in [5.74, 6) is 1.70. The Labute approximate surface area is 123 Å². The first-order chi connectivity index (χ1) is 9.06. The van der Waals surface area contributed by atoms with Gasteiger partial charge >= 0.3 is 0 Å². The molecular weight excluding hydrogens is 278 g/mol. The van der Waals surface area contributed by atoms with Crippen LogP contribution in [-0.2, 0) is 5.75 Å². The minimum atomic E-state index is 0.774. The summed E-state index contributed by atoms with van der Waals surface area (Å²) in [6, 6.07) is 9.82. The molecule has 0 saturated carbocycles. The van der Waals surface area contributed by atoms with E-state index < -0.39 is 0 Å². The Kier molecular flexibility index (Phi) is 4.66. The zero-order valence-electron chi connectivity index (χ0n) is 11.2. The zero-order chi connectivity index (χ0) is 13.8. The Morgan fingerprint density at radius 3 is 2.63 bits per heavy atom. The maximum atomic E-state index is 6.14. The highest BCUT2D eigenvalue weighted by atomic mass is 35.5. The molecule has 100 valence electrons. The molecule has 0 N–H and O–H groups in total. The Bertz CT molecular complexity index is 572. The SMILES string of the molecule is Cc1cc(N(C)C)nc(SCc2ccccc2Cl)n1. The van der Waals surface area contributed by atoms with Gasteiger partial charge in [-0.1, -0.05) is 41.6 Å². The highest BCUT2D eigenvalue weighted by Crippen LogP contribution is 2.25. The van der Waals surface area contributed by atoms with Gasteiger partial charge in [0.2, 0.25) is 0 Å². The predicted octanol–water partition coefficient (Wildman–Crippen LogP) is 3.80. The Morgan fingerprint density at radius 1 is 1.21 bits per heavy atom.